The normalized spacial score (nSPS) is 19.0. The summed E-state index contributed by atoms with van der Waals surface area (Å²) in [6, 6.07) is 6.55. The zero-order valence-corrected chi connectivity index (χ0v) is 13.5. The van der Waals surface area contributed by atoms with Crippen molar-refractivity contribution in [1.82, 2.24) is 5.32 Å². The summed E-state index contributed by atoms with van der Waals surface area (Å²) in [6.45, 7) is 6.62. The van der Waals surface area contributed by atoms with Crippen molar-refractivity contribution in [2.24, 2.45) is 11.7 Å². The molecule has 1 unspecified atom stereocenters. The van der Waals surface area contributed by atoms with Crippen LogP contribution in [0.25, 0.3) is 0 Å². The molecule has 0 bridgehead atoms. The first-order valence-corrected chi connectivity index (χ1v) is 7.91. The lowest BCUT2D eigenvalue weighted by Gasteiger charge is -2.33. The van der Waals surface area contributed by atoms with Crippen molar-refractivity contribution in [2.75, 3.05) is 18.0 Å². The molecule has 2 rings (SSSR count). The number of rotatable bonds is 5. The second kappa shape index (κ2) is 7.14. The summed E-state index contributed by atoms with van der Waals surface area (Å²) < 4.78 is 0. The van der Waals surface area contributed by atoms with Gasteiger partial charge in [0, 0.05) is 36.4 Å². The second-order valence-electron chi connectivity index (χ2n) is 6.00. The van der Waals surface area contributed by atoms with Crippen LogP contribution < -0.4 is 16.0 Å². The van der Waals surface area contributed by atoms with Gasteiger partial charge in [0.2, 0.25) is 5.91 Å². The molecule has 0 radical (unpaired) electrons. The first-order chi connectivity index (χ1) is 9.97. The van der Waals surface area contributed by atoms with Crippen molar-refractivity contribution in [2.45, 2.75) is 39.3 Å². The minimum absolute atomic E-state index is 0.0557. The van der Waals surface area contributed by atoms with Gasteiger partial charge in [-0.3, -0.25) is 4.79 Å². The number of halogens is 1. The fourth-order valence-corrected chi connectivity index (χ4v) is 2.88. The molecular formula is C16H24ClN3O. The molecule has 1 aliphatic heterocycles. The van der Waals surface area contributed by atoms with Crippen molar-refractivity contribution in [3.63, 3.8) is 0 Å². The highest BCUT2D eigenvalue weighted by molar-refractivity contribution is 6.31. The molecule has 3 N–H and O–H groups in total. The van der Waals surface area contributed by atoms with E-state index >= 15 is 0 Å². The molecule has 0 spiro atoms. The lowest BCUT2D eigenvalue weighted by atomic mass is 9.97. The maximum absolute atomic E-state index is 11.4. The van der Waals surface area contributed by atoms with Crippen molar-refractivity contribution < 1.29 is 4.79 Å². The molecule has 1 amide bonds. The van der Waals surface area contributed by atoms with Crippen molar-refractivity contribution in [3.05, 3.63) is 28.8 Å². The Labute approximate surface area is 131 Å². The van der Waals surface area contributed by atoms with E-state index in [2.05, 4.69) is 36.2 Å². The van der Waals surface area contributed by atoms with Gasteiger partial charge in [-0.1, -0.05) is 31.5 Å². The Bertz CT molecular complexity index is 504. The molecule has 1 atom stereocenters. The third-order valence-corrected chi connectivity index (χ3v) is 4.28. The Hall–Kier alpha value is -1.26. The monoisotopic (exact) mass is 309 g/mol. The van der Waals surface area contributed by atoms with Gasteiger partial charge in [-0.15, -0.1) is 0 Å². The molecule has 1 aromatic rings. The van der Waals surface area contributed by atoms with Gasteiger partial charge < -0.3 is 16.0 Å². The fraction of sp³-hybridized carbons (Fsp3) is 0.562. The molecule has 1 saturated heterocycles. The van der Waals surface area contributed by atoms with Crippen molar-refractivity contribution in [1.29, 1.82) is 0 Å². The van der Waals surface area contributed by atoms with Crippen LogP contribution in [0.1, 0.15) is 32.3 Å². The molecule has 0 aliphatic carbocycles. The Morgan fingerprint density at radius 1 is 1.52 bits per heavy atom. The van der Waals surface area contributed by atoms with E-state index in [0.717, 1.165) is 42.2 Å². The summed E-state index contributed by atoms with van der Waals surface area (Å²) in [6.07, 6.45) is 1.87. The van der Waals surface area contributed by atoms with Crippen LogP contribution in [0.4, 0.5) is 5.69 Å². The molecule has 0 aromatic heterocycles. The van der Waals surface area contributed by atoms with E-state index in [9.17, 15) is 4.79 Å². The smallest absolute Gasteiger partial charge is 0.222 e. The average molecular weight is 310 g/mol. The minimum atomic E-state index is -0.205. The number of nitrogens with one attached hydrogen (secondary N) is 1. The number of benzene rings is 1. The quantitative estimate of drug-likeness (QED) is 0.879. The number of anilines is 1. The van der Waals surface area contributed by atoms with Crippen LogP contribution >= 0.6 is 11.6 Å². The predicted octanol–water partition coefficient (Wildman–Crippen LogP) is 2.54. The molecule has 4 nitrogen and oxygen atoms in total. The lowest BCUT2D eigenvalue weighted by molar-refractivity contribution is -0.122. The van der Waals surface area contributed by atoms with Crippen LogP contribution in [-0.4, -0.2) is 25.0 Å². The minimum Gasteiger partial charge on any atom is -0.371 e. The topological polar surface area (TPSA) is 58.4 Å². The Morgan fingerprint density at radius 3 is 2.90 bits per heavy atom. The van der Waals surface area contributed by atoms with Gasteiger partial charge in [0.1, 0.15) is 0 Å². The van der Waals surface area contributed by atoms with Crippen molar-refractivity contribution >= 4 is 23.2 Å². The van der Waals surface area contributed by atoms with Gasteiger partial charge in [-0.05, 0) is 30.5 Å². The van der Waals surface area contributed by atoms with E-state index in [-0.39, 0.29) is 11.8 Å². The summed E-state index contributed by atoms with van der Waals surface area (Å²) in [5, 5.41) is 4.13. The molecule has 21 heavy (non-hydrogen) atoms. The number of amides is 1. The largest absolute Gasteiger partial charge is 0.371 e. The second-order valence-corrected chi connectivity index (χ2v) is 6.41. The highest BCUT2D eigenvalue weighted by atomic mass is 35.5. The van der Waals surface area contributed by atoms with Gasteiger partial charge in [-0.2, -0.15) is 0 Å². The first kappa shape index (κ1) is 16.1. The zero-order valence-electron chi connectivity index (χ0n) is 12.7. The molecule has 1 aromatic carbocycles. The van der Waals surface area contributed by atoms with Gasteiger partial charge >= 0.3 is 0 Å². The molecule has 1 aliphatic rings. The maximum Gasteiger partial charge on any atom is 0.222 e. The number of carbonyl (C=O) groups is 1. The third-order valence-electron chi connectivity index (χ3n) is 3.93. The highest BCUT2D eigenvalue weighted by Gasteiger charge is 2.24. The van der Waals surface area contributed by atoms with E-state index in [0.29, 0.717) is 12.6 Å². The molecule has 5 heteroatoms. The number of hydrogen-bond donors (Lipinski definition) is 2. The summed E-state index contributed by atoms with van der Waals surface area (Å²) >= 11 is 6.37. The van der Waals surface area contributed by atoms with Crippen molar-refractivity contribution in [3.8, 4) is 0 Å². The zero-order chi connectivity index (χ0) is 15.4. The number of piperidine rings is 1. The molecule has 1 heterocycles. The summed E-state index contributed by atoms with van der Waals surface area (Å²) in [4.78, 5) is 13.6. The van der Waals surface area contributed by atoms with Crippen LogP contribution in [0.5, 0.6) is 0 Å². The Balaban J connectivity index is 2.07. The Kier molecular flexibility index (Phi) is 5.48. The highest BCUT2D eigenvalue weighted by Crippen LogP contribution is 2.27. The van der Waals surface area contributed by atoms with E-state index in [1.807, 2.05) is 6.07 Å². The van der Waals surface area contributed by atoms with Crippen LogP contribution in [0.2, 0.25) is 5.02 Å². The van der Waals surface area contributed by atoms with Gasteiger partial charge in [0.25, 0.3) is 0 Å². The number of carbonyl (C=O) groups excluding carboxylic acids is 1. The third kappa shape index (κ3) is 4.35. The number of nitrogens with zero attached hydrogens (tertiary/aromatic N) is 1. The molecule has 1 fully saturated rings. The molecule has 116 valence electrons. The molecule has 0 saturated carbocycles. The SMILES string of the molecule is CC(C)NCc1ccc(N2CCCC(C(N)=O)C2)cc1Cl. The van der Waals surface area contributed by atoms with Gasteiger partial charge in [0.15, 0.2) is 0 Å². The van der Waals surface area contributed by atoms with E-state index in [1.54, 1.807) is 0 Å². The Morgan fingerprint density at radius 2 is 2.29 bits per heavy atom. The van der Waals surface area contributed by atoms with Crippen LogP contribution in [-0.2, 0) is 11.3 Å². The van der Waals surface area contributed by atoms with E-state index in [1.165, 1.54) is 0 Å². The van der Waals surface area contributed by atoms with Crippen LogP contribution in [0.15, 0.2) is 18.2 Å². The van der Waals surface area contributed by atoms with E-state index in [4.69, 9.17) is 17.3 Å². The lowest BCUT2D eigenvalue weighted by Crippen LogP contribution is -2.41. The summed E-state index contributed by atoms with van der Waals surface area (Å²) in [5.74, 6) is -0.261. The summed E-state index contributed by atoms with van der Waals surface area (Å²) in [5.41, 5.74) is 7.59. The standard InChI is InChI=1S/C16H24ClN3O/c1-11(2)19-9-12-5-6-14(8-15(12)17)20-7-3-4-13(10-20)16(18)21/h5-6,8,11,13,19H,3-4,7,9-10H2,1-2H3,(H2,18,21). The van der Waals surface area contributed by atoms with Gasteiger partial charge in [-0.25, -0.2) is 0 Å². The summed E-state index contributed by atoms with van der Waals surface area (Å²) in [7, 11) is 0. The predicted molar refractivity (Wildman–Crippen MR) is 87.6 cm³/mol. The number of primary amides is 1. The fourth-order valence-electron chi connectivity index (χ4n) is 2.63. The average Bonchev–Trinajstić information content (AvgIpc) is 2.46. The molecular weight excluding hydrogens is 286 g/mol. The van der Waals surface area contributed by atoms with E-state index < -0.39 is 0 Å². The number of nitrogens with two attached hydrogens (primary N) is 1. The van der Waals surface area contributed by atoms with Gasteiger partial charge in [0.05, 0.1) is 5.92 Å². The number of hydrogen-bond acceptors (Lipinski definition) is 3. The van der Waals surface area contributed by atoms with Crippen LogP contribution in [0, 0.1) is 5.92 Å². The van der Waals surface area contributed by atoms with Crippen LogP contribution in [0.3, 0.4) is 0 Å². The maximum atomic E-state index is 11.4. The first-order valence-electron chi connectivity index (χ1n) is 7.53.